The van der Waals surface area contributed by atoms with Crippen LogP contribution in [0.1, 0.15) is 50.8 Å². The molecule has 33 heavy (non-hydrogen) atoms. The van der Waals surface area contributed by atoms with Crippen molar-refractivity contribution < 1.29 is 18.3 Å². The number of amides is 1. The summed E-state index contributed by atoms with van der Waals surface area (Å²) in [5.74, 6) is -1.43. The fourth-order valence-electron chi connectivity index (χ4n) is 4.37. The van der Waals surface area contributed by atoms with E-state index < -0.39 is 12.0 Å². The quantitative estimate of drug-likeness (QED) is 0.638. The highest BCUT2D eigenvalue weighted by molar-refractivity contribution is 5.89. The second kappa shape index (κ2) is 9.59. The minimum atomic E-state index is -2.59. The number of carbonyl (C=O) groups excluding carboxylic acids is 1. The lowest BCUT2D eigenvalue weighted by Crippen LogP contribution is -2.41. The molecule has 0 bridgehead atoms. The van der Waals surface area contributed by atoms with Gasteiger partial charge in [-0.15, -0.1) is 0 Å². The number of likely N-dealkylation sites (tertiary alicyclic amines) is 1. The number of aromatic nitrogens is 2. The van der Waals surface area contributed by atoms with E-state index in [-0.39, 0.29) is 31.0 Å². The molecule has 2 fully saturated rings. The number of piperidine rings is 1. The SMILES string of the molecule is CC(Nc1nccc(N2C(=O)OCC2C(C)C)n1)c1ccc(CN2CCCC(F)(F)C2)cc1. The number of benzene rings is 1. The van der Waals surface area contributed by atoms with Crippen LogP contribution in [0.25, 0.3) is 0 Å². The fourth-order valence-corrected chi connectivity index (χ4v) is 4.37. The molecule has 0 radical (unpaired) electrons. The summed E-state index contributed by atoms with van der Waals surface area (Å²) < 4.78 is 32.5. The number of nitrogens with zero attached hydrogens (tertiary/aromatic N) is 4. The van der Waals surface area contributed by atoms with Crippen molar-refractivity contribution in [2.24, 2.45) is 5.92 Å². The summed E-state index contributed by atoms with van der Waals surface area (Å²) in [6, 6.07) is 9.49. The van der Waals surface area contributed by atoms with Gasteiger partial charge in [0.05, 0.1) is 18.6 Å². The van der Waals surface area contributed by atoms with Crippen molar-refractivity contribution in [1.82, 2.24) is 14.9 Å². The third-order valence-corrected chi connectivity index (χ3v) is 6.27. The molecule has 2 saturated heterocycles. The molecule has 2 aliphatic heterocycles. The van der Waals surface area contributed by atoms with Gasteiger partial charge in [-0.2, -0.15) is 4.98 Å². The number of rotatable bonds is 7. The standard InChI is InChI=1S/C24H31F2N5O2/c1-16(2)20-14-33-23(32)31(20)21-9-11-27-22(29-21)28-17(3)19-7-5-18(6-8-19)13-30-12-4-10-24(25,26)15-30/h5-9,11,16-17,20H,4,10,12-15H2,1-3H3,(H,27,28,29). The summed E-state index contributed by atoms with van der Waals surface area (Å²) in [5.41, 5.74) is 2.03. The van der Waals surface area contributed by atoms with Gasteiger partial charge in [-0.3, -0.25) is 9.80 Å². The molecule has 0 spiro atoms. The Kier molecular flexibility index (Phi) is 6.78. The predicted molar refractivity (Wildman–Crippen MR) is 122 cm³/mol. The van der Waals surface area contributed by atoms with Gasteiger partial charge in [0, 0.05) is 19.2 Å². The van der Waals surface area contributed by atoms with Crippen LogP contribution in [-0.2, 0) is 11.3 Å². The molecular weight excluding hydrogens is 428 g/mol. The smallest absolute Gasteiger partial charge is 0.415 e. The Balaban J connectivity index is 1.40. The molecule has 2 aromatic rings. The van der Waals surface area contributed by atoms with E-state index in [1.54, 1.807) is 17.2 Å². The highest BCUT2D eigenvalue weighted by atomic mass is 19.3. The van der Waals surface area contributed by atoms with Crippen molar-refractivity contribution in [3.05, 3.63) is 47.7 Å². The van der Waals surface area contributed by atoms with Crippen molar-refractivity contribution in [1.29, 1.82) is 0 Å². The first-order valence-corrected chi connectivity index (χ1v) is 11.5. The first-order chi connectivity index (χ1) is 15.7. The lowest BCUT2D eigenvalue weighted by molar-refractivity contribution is -0.0661. The highest BCUT2D eigenvalue weighted by Gasteiger charge is 2.37. The molecule has 1 N–H and O–H groups in total. The largest absolute Gasteiger partial charge is 0.447 e. The molecule has 2 aliphatic rings. The lowest BCUT2D eigenvalue weighted by Gasteiger charge is -2.32. The Labute approximate surface area is 193 Å². The molecule has 7 nitrogen and oxygen atoms in total. The summed E-state index contributed by atoms with van der Waals surface area (Å²) >= 11 is 0. The number of alkyl halides is 2. The number of cyclic esters (lactones) is 1. The molecule has 4 rings (SSSR count). The number of halogens is 2. The van der Waals surface area contributed by atoms with Gasteiger partial charge >= 0.3 is 6.09 Å². The lowest BCUT2D eigenvalue weighted by atomic mass is 10.0. The summed E-state index contributed by atoms with van der Waals surface area (Å²) in [5, 5.41) is 3.28. The summed E-state index contributed by atoms with van der Waals surface area (Å²) in [4.78, 5) is 24.5. The number of carbonyl (C=O) groups is 1. The van der Waals surface area contributed by atoms with Crippen LogP contribution in [0.15, 0.2) is 36.5 Å². The van der Waals surface area contributed by atoms with Crippen molar-refractivity contribution in [3.8, 4) is 0 Å². The van der Waals surface area contributed by atoms with Crippen LogP contribution >= 0.6 is 0 Å². The van der Waals surface area contributed by atoms with Gasteiger partial charge in [-0.05, 0) is 43.0 Å². The van der Waals surface area contributed by atoms with Crippen molar-refractivity contribution >= 4 is 17.9 Å². The predicted octanol–water partition coefficient (Wildman–Crippen LogP) is 4.86. The average Bonchev–Trinajstić information content (AvgIpc) is 3.15. The van der Waals surface area contributed by atoms with Crippen molar-refractivity contribution in [3.63, 3.8) is 0 Å². The van der Waals surface area contributed by atoms with Crippen LogP contribution in [0.5, 0.6) is 0 Å². The van der Waals surface area contributed by atoms with Crippen LogP contribution in [-0.4, -0.2) is 52.6 Å². The minimum absolute atomic E-state index is 0.0219. The summed E-state index contributed by atoms with van der Waals surface area (Å²) in [6.45, 7) is 7.48. The van der Waals surface area contributed by atoms with Crippen LogP contribution in [0, 0.1) is 5.92 Å². The van der Waals surface area contributed by atoms with Crippen LogP contribution in [0.2, 0.25) is 0 Å². The molecule has 2 atom stereocenters. The van der Waals surface area contributed by atoms with Crippen LogP contribution < -0.4 is 10.2 Å². The molecule has 1 amide bonds. The zero-order valence-corrected chi connectivity index (χ0v) is 19.3. The van der Waals surface area contributed by atoms with E-state index in [2.05, 4.69) is 15.3 Å². The number of ether oxygens (including phenoxy) is 1. The van der Waals surface area contributed by atoms with E-state index in [4.69, 9.17) is 4.74 Å². The number of hydrogen-bond donors (Lipinski definition) is 1. The maximum Gasteiger partial charge on any atom is 0.415 e. The molecule has 0 aliphatic carbocycles. The number of nitrogens with one attached hydrogen (secondary N) is 1. The van der Waals surface area contributed by atoms with Gasteiger partial charge in [-0.25, -0.2) is 18.6 Å². The first-order valence-electron chi connectivity index (χ1n) is 11.5. The van der Waals surface area contributed by atoms with Gasteiger partial charge in [0.15, 0.2) is 0 Å². The number of hydrogen-bond acceptors (Lipinski definition) is 6. The van der Waals surface area contributed by atoms with Gasteiger partial charge < -0.3 is 10.1 Å². The van der Waals surface area contributed by atoms with Gasteiger partial charge in [-0.1, -0.05) is 38.1 Å². The molecule has 2 unspecified atom stereocenters. The second-order valence-electron chi connectivity index (χ2n) is 9.27. The molecule has 178 valence electrons. The van der Waals surface area contributed by atoms with Crippen molar-refractivity contribution in [2.75, 3.05) is 29.9 Å². The Hall–Kier alpha value is -2.81. The fraction of sp³-hybridized carbons (Fsp3) is 0.542. The monoisotopic (exact) mass is 459 g/mol. The first kappa shape index (κ1) is 23.4. The maximum atomic E-state index is 13.7. The maximum absolute atomic E-state index is 13.7. The molecule has 1 aromatic heterocycles. The normalized spacial score (nSPS) is 21.8. The van der Waals surface area contributed by atoms with Gasteiger partial charge in [0.2, 0.25) is 5.95 Å². The Bertz CT molecular complexity index is 970. The van der Waals surface area contributed by atoms with Crippen LogP contribution in [0.4, 0.5) is 25.3 Å². The van der Waals surface area contributed by atoms with E-state index >= 15 is 0 Å². The summed E-state index contributed by atoms with van der Waals surface area (Å²) in [7, 11) is 0. The summed E-state index contributed by atoms with van der Waals surface area (Å²) in [6.07, 6.45) is 1.73. The topological polar surface area (TPSA) is 70.6 Å². The van der Waals surface area contributed by atoms with Crippen LogP contribution in [0.3, 0.4) is 0 Å². The minimum Gasteiger partial charge on any atom is -0.447 e. The van der Waals surface area contributed by atoms with E-state index in [0.29, 0.717) is 37.9 Å². The zero-order valence-electron chi connectivity index (χ0n) is 19.3. The average molecular weight is 460 g/mol. The third kappa shape index (κ3) is 5.58. The van der Waals surface area contributed by atoms with E-state index in [9.17, 15) is 13.6 Å². The third-order valence-electron chi connectivity index (χ3n) is 6.27. The van der Waals surface area contributed by atoms with E-state index in [1.165, 1.54) is 0 Å². The molecule has 9 heteroatoms. The second-order valence-corrected chi connectivity index (χ2v) is 9.27. The zero-order chi connectivity index (χ0) is 23.6. The molecule has 0 saturated carbocycles. The van der Waals surface area contributed by atoms with Gasteiger partial charge in [0.1, 0.15) is 12.4 Å². The Morgan fingerprint density at radius 1 is 1.21 bits per heavy atom. The van der Waals surface area contributed by atoms with E-state index in [1.807, 2.05) is 49.9 Å². The molecule has 1 aromatic carbocycles. The highest BCUT2D eigenvalue weighted by Crippen LogP contribution is 2.28. The molecular formula is C24H31F2N5O2. The Morgan fingerprint density at radius 2 is 1.97 bits per heavy atom. The molecule has 3 heterocycles. The van der Waals surface area contributed by atoms with Crippen molar-refractivity contribution in [2.45, 2.75) is 58.2 Å². The Morgan fingerprint density at radius 3 is 2.67 bits per heavy atom. The number of anilines is 2. The van der Waals surface area contributed by atoms with E-state index in [0.717, 1.165) is 11.1 Å². The van der Waals surface area contributed by atoms with Gasteiger partial charge in [0.25, 0.3) is 5.92 Å².